The van der Waals surface area contributed by atoms with Gasteiger partial charge in [0, 0.05) is 18.0 Å². The van der Waals surface area contributed by atoms with Crippen LogP contribution >= 0.6 is 0 Å². The van der Waals surface area contributed by atoms with Crippen LogP contribution in [0.15, 0.2) is 18.2 Å². The molecule has 0 heterocycles. The van der Waals surface area contributed by atoms with Gasteiger partial charge in [-0.2, -0.15) is 0 Å². The second-order valence-corrected chi connectivity index (χ2v) is 5.66. The molecule has 4 nitrogen and oxygen atoms in total. The second-order valence-electron chi connectivity index (χ2n) is 5.66. The van der Waals surface area contributed by atoms with Crippen LogP contribution in [0, 0.1) is 29.1 Å². The van der Waals surface area contributed by atoms with E-state index in [1.54, 1.807) is 25.1 Å². The van der Waals surface area contributed by atoms with E-state index in [9.17, 15) is 26.7 Å². The van der Waals surface area contributed by atoms with Crippen molar-refractivity contribution in [1.82, 2.24) is 5.32 Å². The lowest BCUT2D eigenvalue weighted by Crippen LogP contribution is -2.30. The van der Waals surface area contributed by atoms with E-state index < -0.39 is 46.5 Å². The number of nitrogens with one attached hydrogen (secondary N) is 1. The molecule has 0 aliphatic heterocycles. The summed E-state index contributed by atoms with van der Waals surface area (Å²) in [5.74, 6) is -11.9. The first-order valence-corrected chi connectivity index (χ1v) is 7.74. The molecule has 9 heteroatoms. The molecular formula is C18H16F5NO3. The molecule has 2 aromatic rings. The number of hydrogen-bond donors (Lipinski definition) is 1. The minimum absolute atomic E-state index is 0.151. The highest BCUT2D eigenvalue weighted by molar-refractivity contribution is 5.94. The van der Waals surface area contributed by atoms with Crippen LogP contribution in [0.4, 0.5) is 22.0 Å². The molecule has 1 amide bonds. The van der Waals surface area contributed by atoms with Crippen LogP contribution in [-0.2, 0) is 0 Å². The molecule has 2 aromatic carbocycles. The van der Waals surface area contributed by atoms with E-state index in [4.69, 9.17) is 9.47 Å². The van der Waals surface area contributed by atoms with Crippen LogP contribution in [0.5, 0.6) is 11.5 Å². The first-order chi connectivity index (χ1) is 12.7. The zero-order valence-corrected chi connectivity index (χ0v) is 14.6. The van der Waals surface area contributed by atoms with Crippen molar-refractivity contribution in [1.29, 1.82) is 0 Å². The van der Waals surface area contributed by atoms with E-state index in [0.717, 1.165) is 0 Å². The molecular weight excluding hydrogens is 373 g/mol. The Morgan fingerprint density at radius 1 is 0.963 bits per heavy atom. The van der Waals surface area contributed by atoms with Crippen LogP contribution in [0.3, 0.4) is 0 Å². The summed E-state index contributed by atoms with van der Waals surface area (Å²) >= 11 is 0. The Bertz CT molecular complexity index is 844. The smallest absolute Gasteiger partial charge is 0.257 e. The lowest BCUT2D eigenvalue weighted by molar-refractivity contribution is 0.0939. The quantitative estimate of drug-likeness (QED) is 0.463. The van der Waals surface area contributed by atoms with Gasteiger partial charge in [-0.3, -0.25) is 4.79 Å². The standard InChI is InChI=1S/C18H16F5NO3/c1-8(10-6-9(26-2)4-5-11(10)27-3)7-24-18(25)12-13(19)15(21)17(23)16(22)14(12)20/h4-6,8H,7H2,1-3H3,(H,24,25). The molecule has 0 saturated heterocycles. The molecule has 0 bridgehead atoms. The number of hydrogen-bond acceptors (Lipinski definition) is 3. The maximum absolute atomic E-state index is 13.7. The molecule has 1 unspecified atom stereocenters. The zero-order valence-electron chi connectivity index (χ0n) is 14.6. The molecule has 0 aliphatic rings. The molecule has 0 saturated carbocycles. The normalized spacial score (nSPS) is 11.9. The molecule has 0 fully saturated rings. The number of rotatable bonds is 6. The van der Waals surface area contributed by atoms with Gasteiger partial charge in [0.15, 0.2) is 23.3 Å². The van der Waals surface area contributed by atoms with Crippen molar-refractivity contribution in [3.8, 4) is 11.5 Å². The van der Waals surface area contributed by atoms with Gasteiger partial charge in [0.25, 0.3) is 5.91 Å². The number of carbonyl (C=O) groups is 1. The van der Waals surface area contributed by atoms with Crippen LogP contribution in [-0.4, -0.2) is 26.7 Å². The highest BCUT2D eigenvalue weighted by Crippen LogP contribution is 2.30. The largest absolute Gasteiger partial charge is 0.497 e. The number of benzene rings is 2. The third kappa shape index (κ3) is 3.96. The Balaban J connectivity index is 2.24. The van der Waals surface area contributed by atoms with Gasteiger partial charge in [0.2, 0.25) is 5.82 Å². The summed E-state index contributed by atoms with van der Waals surface area (Å²) in [6.45, 7) is 1.53. The summed E-state index contributed by atoms with van der Waals surface area (Å²) in [6, 6.07) is 4.94. The molecule has 0 aliphatic carbocycles. The number of halogens is 5. The van der Waals surface area contributed by atoms with Crippen molar-refractivity contribution in [2.24, 2.45) is 0 Å². The lowest BCUT2D eigenvalue weighted by atomic mass is 9.99. The van der Waals surface area contributed by atoms with Gasteiger partial charge in [-0.25, -0.2) is 22.0 Å². The monoisotopic (exact) mass is 389 g/mol. The average Bonchev–Trinajstić information content (AvgIpc) is 2.68. The molecule has 0 spiro atoms. The first kappa shape index (κ1) is 20.5. The van der Waals surface area contributed by atoms with E-state index in [2.05, 4.69) is 5.32 Å². The molecule has 27 heavy (non-hydrogen) atoms. The topological polar surface area (TPSA) is 47.6 Å². The minimum atomic E-state index is -2.32. The fourth-order valence-electron chi connectivity index (χ4n) is 2.47. The Morgan fingerprint density at radius 3 is 2.04 bits per heavy atom. The summed E-state index contributed by atoms with van der Waals surface area (Å²) in [7, 11) is 2.90. The summed E-state index contributed by atoms with van der Waals surface area (Å²) in [6.07, 6.45) is 0. The van der Waals surface area contributed by atoms with Crippen molar-refractivity contribution in [2.45, 2.75) is 12.8 Å². The van der Waals surface area contributed by atoms with Crippen LogP contribution in [0.2, 0.25) is 0 Å². The molecule has 2 rings (SSSR count). The summed E-state index contributed by atoms with van der Waals surface area (Å²) in [4.78, 5) is 12.0. The van der Waals surface area contributed by atoms with E-state index in [1.165, 1.54) is 14.2 Å². The first-order valence-electron chi connectivity index (χ1n) is 7.74. The van der Waals surface area contributed by atoms with Gasteiger partial charge in [0.1, 0.15) is 17.1 Å². The van der Waals surface area contributed by atoms with Gasteiger partial charge in [-0.15, -0.1) is 0 Å². The lowest BCUT2D eigenvalue weighted by Gasteiger charge is -2.18. The van der Waals surface area contributed by atoms with E-state index in [0.29, 0.717) is 17.1 Å². The molecule has 1 atom stereocenters. The fraction of sp³-hybridized carbons (Fsp3) is 0.278. The molecule has 0 radical (unpaired) electrons. The Hall–Kier alpha value is -2.84. The number of methoxy groups -OCH3 is 2. The van der Waals surface area contributed by atoms with E-state index >= 15 is 0 Å². The van der Waals surface area contributed by atoms with E-state index in [1.807, 2.05) is 0 Å². The fourth-order valence-corrected chi connectivity index (χ4v) is 2.47. The van der Waals surface area contributed by atoms with Gasteiger partial charge < -0.3 is 14.8 Å². The molecule has 0 aromatic heterocycles. The number of carbonyl (C=O) groups excluding carboxylic acids is 1. The Labute approximate surface area is 151 Å². The van der Waals surface area contributed by atoms with Crippen molar-refractivity contribution < 1.29 is 36.2 Å². The summed E-state index contributed by atoms with van der Waals surface area (Å²) in [5.41, 5.74) is -0.911. The number of amides is 1. The van der Waals surface area contributed by atoms with Crippen molar-refractivity contribution in [2.75, 3.05) is 20.8 Å². The van der Waals surface area contributed by atoms with Gasteiger partial charge >= 0.3 is 0 Å². The number of ether oxygens (including phenoxy) is 2. The third-order valence-corrected chi connectivity index (χ3v) is 3.97. The third-order valence-electron chi connectivity index (χ3n) is 3.97. The van der Waals surface area contributed by atoms with Crippen LogP contribution < -0.4 is 14.8 Å². The van der Waals surface area contributed by atoms with Crippen LogP contribution in [0.25, 0.3) is 0 Å². The highest BCUT2D eigenvalue weighted by Gasteiger charge is 2.29. The predicted octanol–water partition coefficient (Wildman–Crippen LogP) is 3.93. The predicted molar refractivity (Wildman–Crippen MR) is 86.5 cm³/mol. The van der Waals surface area contributed by atoms with Crippen LogP contribution in [0.1, 0.15) is 28.8 Å². The zero-order chi connectivity index (χ0) is 20.3. The minimum Gasteiger partial charge on any atom is -0.497 e. The second kappa shape index (κ2) is 8.24. The maximum Gasteiger partial charge on any atom is 0.257 e. The summed E-state index contributed by atoms with van der Waals surface area (Å²) < 4.78 is 77.3. The SMILES string of the molecule is COc1ccc(OC)c(C(C)CNC(=O)c2c(F)c(F)c(F)c(F)c2F)c1. The van der Waals surface area contributed by atoms with Gasteiger partial charge in [0.05, 0.1) is 14.2 Å². The maximum atomic E-state index is 13.7. The average molecular weight is 389 g/mol. The highest BCUT2D eigenvalue weighted by atomic mass is 19.2. The Morgan fingerprint density at radius 2 is 1.52 bits per heavy atom. The molecule has 1 N–H and O–H groups in total. The van der Waals surface area contributed by atoms with Gasteiger partial charge in [-0.1, -0.05) is 6.92 Å². The van der Waals surface area contributed by atoms with E-state index in [-0.39, 0.29) is 6.54 Å². The van der Waals surface area contributed by atoms with Crippen molar-refractivity contribution >= 4 is 5.91 Å². The Kier molecular flexibility index (Phi) is 6.24. The van der Waals surface area contributed by atoms with Crippen molar-refractivity contribution in [3.63, 3.8) is 0 Å². The summed E-state index contributed by atoms with van der Waals surface area (Å²) in [5, 5.41) is 2.17. The molecule has 146 valence electrons. The van der Waals surface area contributed by atoms with Gasteiger partial charge in [-0.05, 0) is 18.2 Å². The van der Waals surface area contributed by atoms with Crippen molar-refractivity contribution in [3.05, 3.63) is 58.4 Å².